The van der Waals surface area contributed by atoms with Gasteiger partial charge in [-0.1, -0.05) is 161 Å². The topological polar surface area (TPSA) is 0 Å². The molecule has 0 atom stereocenters. The molecule has 0 saturated heterocycles. The molecule has 0 nitrogen and oxygen atoms in total. The van der Waals surface area contributed by atoms with Gasteiger partial charge < -0.3 is 0 Å². The van der Waals surface area contributed by atoms with Crippen LogP contribution in [0.3, 0.4) is 0 Å². The van der Waals surface area contributed by atoms with Gasteiger partial charge in [-0.2, -0.15) is 55.7 Å². The van der Waals surface area contributed by atoms with E-state index in [1.54, 1.807) is 66.9 Å². The molecule has 0 fully saturated rings. The van der Waals surface area contributed by atoms with Crippen molar-refractivity contribution < 1.29 is 126 Å². The Kier molecular flexibility index (Phi) is 25.7. The average Bonchev–Trinajstić information content (AvgIpc) is 4.00. The first-order valence-corrected chi connectivity index (χ1v) is 23.9. The molecule has 69 heavy (non-hydrogen) atoms. The predicted octanol–water partition coefficient (Wildman–Crippen LogP) is 17.7. The van der Waals surface area contributed by atoms with E-state index in [1.807, 2.05) is 0 Å². The third kappa shape index (κ3) is 12.3. The predicted molar refractivity (Wildman–Crippen MR) is 268 cm³/mol. The van der Waals surface area contributed by atoms with E-state index in [4.69, 9.17) is 0 Å². The Morgan fingerprint density at radius 1 is 0.203 bits per heavy atom. The zero-order valence-electron chi connectivity index (χ0n) is 41.4. The third-order valence-electron chi connectivity index (χ3n) is 15.8. The molecule has 0 heterocycles. The molecule has 0 aliphatic heterocycles. The van der Waals surface area contributed by atoms with Crippen LogP contribution < -0.4 is 0 Å². The first-order valence-electron chi connectivity index (χ1n) is 23.9. The second-order valence-electron chi connectivity index (χ2n) is 21.6. The van der Waals surface area contributed by atoms with E-state index in [-0.39, 0.29) is 149 Å². The fourth-order valence-corrected chi connectivity index (χ4v) is 11.8. The Morgan fingerprint density at radius 3 is 0.536 bits per heavy atom. The number of allylic oxidation sites excluding steroid dienone is 30. The van der Waals surface area contributed by atoms with Crippen molar-refractivity contribution in [3.63, 3.8) is 0 Å². The number of hydrogen-bond acceptors (Lipinski definition) is 0. The van der Waals surface area contributed by atoms with Crippen molar-refractivity contribution in [3.8, 4) is 0 Å². The maximum Gasteiger partial charge on any atom is 0 e. The second kappa shape index (κ2) is 26.3. The largest absolute Gasteiger partial charge is 0.270 e. The van der Waals surface area contributed by atoms with Gasteiger partial charge in [-0.25, -0.2) is 69.9 Å². The van der Waals surface area contributed by atoms with E-state index in [0.29, 0.717) is 35.5 Å². The number of rotatable bonds is 6. The van der Waals surface area contributed by atoms with Gasteiger partial charge in [-0.05, 0) is 54.8 Å². The molecule has 0 aromatic carbocycles. The SMILES string of the molecule is C.C.C.CC(C)C1=[C-]C2=C(C1)C1=C(C2)C2=C(C1)C1=C([C-]=C(C(C)C)C1)C2.CC(C)C1=[C-]C2=C(C1)C1=C(C2)C2=C([C-]=C(C(C)C)C2)C1.CC(C)C1=[C-]C2=C(C1)C1=C([C-]=C(C(C)C)C1)C2.[W].[W].[W].[W].[W].[W]. The Labute approximate surface area is 508 Å². The summed E-state index contributed by atoms with van der Waals surface area (Å²) < 4.78 is 0. The van der Waals surface area contributed by atoms with Crippen LogP contribution in [0.25, 0.3) is 0 Å². The third-order valence-corrected chi connectivity index (χ3v) is 15.8. The molecule has 0 aromatic rings. The van der Waals surface area contributed by atoms with Crippen molar-refractivity contribution in [1.29, 1.82) is 0 Å². The van der Waals surface area contributed by atoms with E-state index in [2.05, 4.69) is 120 Å². The van der Waals surface area contributed by atoms with Gasteiger partial charge in [0.25, 0.3) is 0 Å². The van der Waals surface area contributed by atoms with Crippen molar-refractivity contribution >= 4 is 0 Å². The van der Waals surface area contributed by atoms with Crippen LogP contribution in [0.15, 0.2) is 134 Å². The van der Waals surface area contributed by atoms with Crippen LogP contribution >= 0.6 is 0 Å². The van der Waals surface area contributed by atoms with Gasteiger partial charge in [0.05, 0.1) is 0 Å². The van der Waals surface area contributed by atoms with Crippen molar-refractivity contribution in [3.05, 3.63) is 170 Å². The molecule has 12 rings (SSSR count). The van der Waals surface area contributed by atoms with Gasteiger partial charge in [0.2, 0.25) is 0 Å². The summed E-state index contributed by atoms with van der Waals surface area (Å²) in [5.41, 5.74) is 37.7. The summed E-state index contributed by atoms with van der Waals surface area (Å²) in [6, 6.07) is 0. The molecule has 6 heteroatoms. The van der Waals surface area contributed by atoms with Gasteiger partial charge in [0.1, 0.15) is 0 Å². The van der Waals surface area contributed by atoms with Crippen LogP contribution in [0, 0.1) is 72.0 Å². The summed E-state index contributed by atoms with van der Waals surface area (Å²) >= 11 is 0. The molecule has 0 bridgehead atoms. The molecule has 0 N–H and O–H groups in total. The van der Waals surface area contributed by atoms with Crippen LogP contribution in [-0.4, -0.2) is 0 Å². The van der Waals surface area contributed by atoms with Crippen molar-refractivity contribution in [2.75, 3.05) is 0 Å². The van der Waals surface area contributed by atoms with Crippen LogP contribution in [0.4, 0.5) is 0 Å². The van der Waals surface area contributed by atoms with Crippen molar-refractivity contribution in [1.82, 2.24) is 0 Å². The molecule has 0 aromatic heterocycles. The fraction of sp³-hybridized carbons (Fsp3) is 0.524. The smallest absolute Gasteiger partial charge is 0 e. The van der Waals surface area contributed by atoms with Gasteiger partial charge in [0.15, 0.2) is 0 Å². The van der Waals surface area contributed by atoms with Crippen molar-refractivity contribution in [2.45, 2.75) is 182 Å². The summed E-state index contributed by atoms with van der Waals surface area (Å²) in [5.74, 6) is 3.86. The molecule has 0 amide bonds. The number of fused-ring (bicyclic) bond motifs is 6. The molecule has 12 aliphatic carbocycles. The van der Waals surface area contributed by atoms with Crippen LogP contribution in [0.1, 0.15) is 182 Å². The monoisotopic (exact) mass is 1940 g/mol. The van der Waals surface area contributed by atoms with Gasteiger partial charge in [-0.15, -0.1) is 35.1 Å². The summed E-state index contributed by atoms with van der Waals surface area (Å²) in [7, 11) is 0. The molecule has 0 spiro atoms. The molecule has 0 radical (unpaired) electrons. The summed E-state index contributed by atoms with van der Waals surface area (Å²) in [6.07, 6.45) is 36.0. The summed E-state index contributed by atoms with van der Waals surface area (Å²) in [4.78, 5) is 0. The number of hydrogen-bond donors (Lipinski definition) is 0. The fourth-order valence-electron chi connectivity index (χ4n) is 11.8. The molecular weight excluding hydrogens is 1860 g/mol. The van der Waals surface area contributed by atoms with Crippen LogP contribution in [0.5, 0.6) is 0 Å². The van der Waals surface area contributed by atoms with Crippen LogP contribution in [-0.2, 0) is 126 Å². The minimum Gasteiger partial charge on any atom is -0.270 e. The van der Waals surface area contributed by atoms with E-state index >= 15 is 0 Å². The standard InChI is InChI=1S/C23H24.C20H22.C17H20.3CH4.6W/c1-12(2)14-5-16-9-20-21-10-17-6-15(13(3)4)8-19(17)23(21)11-22(20)18(16)7-14;1-11(2)13-5-15-9-20-18-8-14(12(3)4)6-16(18)10-19(20)17(15)7-13;1-10(2)12-5-14-7-15-6-13(11(3)4)9-17(15)16(14)8-12;;;;;;;;;/h12-13H,7-11H2,1-4H3;11-12H,7-10H2,1-4H3;10-11H,7-9H2,1-4H3;3*1H4;;;;;;/q3*-2;;;;;;;;;. The average molecular weight is 1940 g/mol. The Balaban J connectivity index is 0.000000490. The maximum atomic E-state index is 3.73. The van der Waals surface area contributed by atoms with Crippen LogP contribution in [0.2, 0.25) is 0 Å². The van der Waals surface area contributed by atoms with Gasteiger partial charge >= 0.3 is 0 Å². The zero-order chi connectivity index (χ0) is 42.0. The first-order chi connectivity index (χ1) is 28.6. The van der Waals surface area contributed by atoms with E-state index in [1.165, 1.54) is 86.1 Å². The first kappa shape index (κ1) is 67.2. The zero-order valence-corrected chi connectivity index (χ0v) is 59.0. The van der Waals surface area contributed by atoms with E-state index < -0.39 is 0 Å². The van der Waals surface area contributed by atoms with Gasteiger partial charge in [-0.3, -0.25) is 11.1 Å². The molecule has 0 unspecified atom stereocenters. The van der Waals surface area contributed by atoms with E-state index in [9.17, 15) is 0 Å². The normalized spacial score (nSPS) is 21.0. The molecular formula is C63H78W6-6. The summed E-state index contributed by atoms with van der Waals surface area (Å²) in [5, 5.41) is 0. The molecule has 372 valence electrons. The molecule has 0 saturated carbocycles. The maximum absolute atomic E-state index is 3.73. The minimum absolute atomic E-state index is 0. The molecule has 12 aliphatic rings. The Morgan fingerprint density at radius 2 is 0.348 bits per heavy atom. The quantitative estimate of drug-likeness (QED) is 0.233. The minimum atomic E-state index is 0. The summed E-state index contributed by atoms with van der Waals surface area (Å²) in [6.45, 7) is 27.5. The van der Waals surface area contributed by atoms with Gasteiger partial charge in [0, 0.05) is 126 Å². The van der Waals surface area contributed by atoms with E-state index in [0.717, 1.165) is 57.8 Å². The Hall–Kier alpha value is 0.230. The van der Waals surface area contributed by atoms with Crippen molar-refractivity contribution in [2.24, 2.45) is 35.5 Å². The Bertz CT molecular complexity index is 2380. The second-order valence-corrected chi connectivity index (χ2v) is 21.6.